The largest absolute Gasteiger partial charge is 0.325 e. The van der Waals surface area contributed by atoms with Gasteiger partial charge in [-0.3, -0.25) is 4.79 Å². The molecule has 0 N–H and O–H groups in total. The first-order valence-electron chi connectivity index (χ1n) is 7.74. The van der Waals surface area contributed by atoms with Gasteiger partial charge in [-0.05, 0) is 49.6 Å². The minimum Gasteiger partial charge on any atom is -0.325 e. The van der Waals surface area contributed by atoms with Gasteiger partial charge in [0.05, 0.1) is 5.54 Å². The second-order valence-electron chi connectivity index (χ2n) is 6.48. The summed E-state index contributed by atoms with van der Waals surface area (Å²) >= 11 is 6.13. The third kappa shape index (κ3) is 2.79. The van der Waals surface area contributed by atoms with Crippen LogP contribution >= 0.6 is 11.6 Å². The minimum atomic E-state index is -0.417. The highest BCUT2D eigenvalue weighted by Gasteiger charge is 2.39. The molecule has 3 rings (SSSR count). The van der Waals surface area contributed by atoms with Crippen molar-refractivity contribution in [1.82, 2.24) is 4.90 Å². The highest BCUT2D eigenvalue weighted by molar-refractivity contribution is 6.30. The number of nitrogens with zero attached hydrogens (tertiary/aromatic N) is 1. The molecule has 23 heavy (non-hydrogen) atoms. The fourth-order valence-corrected chi connectivity index (χ4v) is 3.35. The van der Waals surface area contributed by atoms with E-state index >= 15 is 0 Å². The van der Waals surface area contributed by atoms with Crippen molar-refractivity contribution in [3.63, 3.8) is 0 Å². The van der Waals surface area contributed by atoms with Crippen LogP contribution in [0.2, 0.25) is 5.02 Å². The molecule has 0 spiro atoms. The van der Waals surface area contributed by atoms with Gasteiger partial charge in [0.15, 0.2) is 0 Å². The molecule has 2 aromatic rings. The van der Waals surface area contributed by atoms with Crippen molar-refractivity contribution in [2.75, 3.05) is 6.54 Å². The lowest BCUT2D eigenvalue weighted by Gasteiger charge is -2.36. The van der Waals surface area contributed by atoms with Gasteiger partial charge in [-0.2, -0.15) is 0 Å². The van der Waals surface area contributed by atoms with E-state index in [1.54, 1.807) is 0 Å². The van der Waals surface area contributed by atoms with Crippen molar-refractivity contribution in [1.29, 1.82) is 0 Å². The first-order valence-corrected chi connectivity index (χ1v) is 8.12. The number of amides is 1. The van der Waals surface area contributed by atoms with Gasteiger partial charge in [-0.25, -0.2) is 0 Å². The lowest BCUT2D eigenvalue weighted by atomic mass is 9.92. The SMILES string of the molecule is CC1=C(c2ccccc2)C(=O)N(C(C)(C)c2cccc(Cl)c2)C1. The average Bonchev–Trinajstić information content (AvgIpc) is 2.83. The van der Waals surface area contributed by atoms with Crippen LogP contribution in [0, 0.1) is 0 Å². The Hall–Kier alpha value is -2.06. The van der Waals surface area contributed by atoms with Crippen LogP contribution in [0.1, 0.15) is 31.9 Å². The van der Waals surface area contributed by atoms with Crippen LogP contribution < -0.4 is 0 Å². The van der Waals surface area contributed by atoms with Gasteiger partial charge in [0.1, 0.15) is 0 Å². The molecule has 2 nitrogen and oxygen atoms in total. The van der Waals surface area contributed by atoms with E-state index in [4.69, 9.17) is 11.6 Å². The molecule has 0 unspecified atom stereocenters. The number of carbonyl (C=O) groups is 1. The van der Waals surface area contributed by atoms with E-state index in [0.717, 1.165) is 22.3 Å². The third-order valence-corrected chi connectivity index (χ3v) is 4.78. The van der Waals surface area contributed by atoms with Crippen LogP contribution in [0.15, 0.2) is 60.2 Å². The molecule has 0 atom stereocenters. The Kier molecular flexibility index (Phi) is 4.03. The van der Waals surface area contributed by atoms with Gasteiger partial charge in [-0.15, -0.1) is 0 Å². The van der Waals surface area contributed by atoms with Crippen LogP contribution in [0.4, 0.5) is 0 Å². The van der Waals surface area contributed by atoms with Crippen LogP contribution in [-0.2, 0) is 10.3 Å². The summed E-state index contributed by atoms with van der Waals surface area (Å²) in [5.74, 6) is 0.0821. The molecule has 0 bridgehead atoms. The molecule has 1 heterocycles. The predicted octanol–water partition coefficient (Wildman–Crippen LogP) is 4.89. The van der Waals surface area contributed by atoms with E-state index in [2.05, 4.69) is 13.8 Å². The van der Waals surface area contributed by atoms with Crippen LogP contribution in [-0.4, -0.2) is 17.4 Å². The van der Waals surface area contributed by atoms with E-state index < -0.39 is 5.54 Å². The summed E-state index contributed by atoms with van der Waals surface area (Å²) in [5.41, 5.74) is 3.54. The van der Waals surface area contributed by atoms with Gasteiger partial charge >= 0.3 is 0 Å². The molecular weight excluding hydrogens is 306 g/mol. The number of hydrogen-bond acceptors (Lipinski definition) is 1. The zero-order valence-electron chi connectivity index (χ0n) is 13.6. The molecule has 118 valence electrons. The molecule has 0 aromatic heterocycles. The van der Waals surface area contributed by atoms with Crippen molar-refractivity contribution >= 4 is 23.1 Å². The number of carbonyl (C=O) groups excluding carboxylic acids is 1. The summed E-state index contributed by atoms with van der Waals surface area (Å²) in [4.78, 5) is 15.0. The van der Waals surface area contributed by atoms with E-state index in [1.807, 2.05) is 66.4 Å². The molecule has 0 saturated carbocycles. The van der Waals surface area contributed by atoms with Gasteiger partial charge in [-0.1, -0.05) is 54.1 Å². The Morgan fingerprint density at radius 3 is 2.39 bits per heavy atom. The van der Waals surface area contributed by atoms with E-state index in [0.29, 0.717) is 11.6 Å². The number of halogens is 1. The van der Waals surface area contributed by atoms with Crippen molar-refractivity contribution in [3.05, 3.63) is 76.3 Å². The molecule has 1 aliphatic heterocycles. The summed E-state index contributed by atoms with van der Waals surface area (Å²) in [7, 11) is 0. The molecular formula is C20H20ClNO. The first-order chi connectivity index (χ1) is 10.9. The van der Waals surface area contributed by atoms with E-state index in [-0.39, 0.29) is 5.91 Å². The quantitative estimate of drug-likeness (QED) is 0.786. The second-order valence-corrected chi connectivity index (χ2v) is 6.92. The fraction of sp³-hybridized carbons (Fsp3) is 0.250. The summed E-state index contributed by atoms with van der Waals surface area (Å²) < 4.78 is 0. The van der Waals surface area contributed by atoms with Crippen molar-refractivity contribution in [2.24, 2.45) is 0 Å². The Morgan fingerprint density at radius 1 is 1.04 bits per heavy atom. The molecule has 0 saturated heterocycles. The minimum absolute atomic E-state index is 0.0821. The number of benzene rings is 2. The fourth-order valence-electron chi connectivity index (χ4n) is 3.16. The van der Waals surface area contributed by atoms with Crippen LogP contribution in [0.3, 0.4) is 0 Å². The zero-order valence-corrected chi connectivity index (χ0v) is 14.4. The highest BCUT2D eigenvalue weighted by atomic mass is 35.5. The molecule has 0 fully saturated rings. The third-order valence-electron chi connectivity index (χ3n) is 4.55. The number of rotatable bonds is 3. The summed E-state index contributed by atoms with van der Waals surface area (Å²) in [6, 6.07) is 17.6. The summed E-state index contributed by atoms with van der Waals surface area (Å²) in [5, 5.41) is 0.690. The zero-order chi connectivity index (χ0) is 16.6. The van der Waals surface area contributed by atoms with Crippen LogP contribution in [0.5, 0.6) is 0 Å². The maximum atomic E-state index is 13.1. The second kappa shape index (κ2) is 5.86. The van der Waals surface area contributed by atoms with Gasteiger partial charge in [0.25, 0.3) is 5.91 Å². The Morgan fingerprint density at radius 2 is 1.74 bits per heavy atom. The average molecular weight is 326 g/mol. The van der Waals surface area contributed by atoms with Gasteiger partial charge < -0.3 is 4.90 Å². The lowest BCUT2D eigenvalue weighted by molar-refractivity contribution is -0.128. The normalized spacial score (nSPS) is 15.5. The van der Waals surface area contributed by atoms with Crippen molar-refractivity contribution < 1.29 is 4.79 Å². The summed E-state index contributed by atoms with van der Waals surface area (Å²) in [6.45, 7) is 6.81. The molecule has 3 heteroatoms. The Balaban J connectivity index is 1.96. The van der Waals surface area contributed by atoms with Gasteiger partial charge in [0.2, 0.25) is 0 Å². The maximum absolute atomic E-state index is 13.1. The smallest absolute Gasteiger partial charge is 0.255 e. The van der Waals surface area contributed by atoms with Crippen molar-refractivity contribution in [3.8, 4) is 0 Å². The van der Waals surface area contributed by atoms with E-state index in [1.165, 1.54) is 0 Å². The monoisotopic (exact) mass is 325 g/mol. The molecule has 2 aromatic carbocycles. The van der Waals surface area contributed by atoms with Crippen molar-refractivity contribution in [2.45, 2.75) is 26.3 Å². The Labute approximate surface area is 142 Å². The summed E-state index contributed by atoms with van der Waals surface area (Å²) in [6.07, 6.45) is 0. The highest BCUT2D eigenvalue weighted by Crippen LogP contribution is 2.37. The maximum Gasteiger partial charge on any atom is 0.255 e. The predicted molar refractivity (Wildman–Crippen MR) is 95.2 cm³/mol. The molecule has 0 aliphatic carbocycles. The Bertz CT molecular complexity index is 777. The molecule has 0 radical (unpaired) electrons. The van der Waals surface area contributed by atoms with E-state index in [9.17, 15) is 4.79 Å². The van der Waals surface area contributed by atoms with Crippen LogP contribution in [0.25, 0.3) is 5.57 Å². The van der Waals surface area contributed by atoms with Gasteiger partial charge in [0, 0.05) is 17.1 Å². The molecule has 1 amide bonds. The lowest BCUT2D eigenvalue weighted by Crippen LogP contribution is -2.43. The topological polar surface area (TPSA) is 20.3 Å². The standard InChI is InChI=1S/C20H20ClNO/c1-14-13-22(19(23)18(14)15-8-5-4-6-9-15)20(2,3)16-10-7-11-17(21)12-16/h4-12H,13H2,1-3H3. The first kappa shape index (κ1) is 15.8. The number of hydrogen-bond donors (Lipinski definition) is 0. The molecule has 1 aliphatic rings.